The fourth-order valence-electron chi connectivity index (χ4n) is 3.17. The average Bonchev–Trinajstić information content (AvgIpc) is 2.77. The Morgan fingerprint density at radius 3 is 2.38 bits per heavy atom. The van der Waals surface area contributed by atoms with Crippen LogP contribution in [0, 0.1) is 5.82 Å². The summed E-state index contributed by atoms with van der Waals surface area (Å²) >= 11 is 0. The third kappa shape index (κ3) is 4.77. The molecule has 29 heavy (non-hydrogen) atoms. The highest BCUT2D eigenvalue weighted by molar-refractivity contribution is 5.94. The second-order valence-corrected chi connectivity index (χ2v) is 6.46. The Bertz CT molecular complexity index is 881. The summed E-state index contributed by atoms with van der Waals surface area (Å²) in [5.74, 6) is -0.434. The number of para-hydroxylation sites is 1. The smallest absolute Gasteiger partial charge is 0.342 e. The van der Waals surface area contributed by atoms with Gasteiger partial charge in [-0.2, -0.15) is 0 Å². The number of piperazine rings is 1. The lowest BCUT2D eigenvalue weighted by Crippen LogP contribution is -2.50. The lowest BCUT2D eigenvalue weighted by Gasteiger charge is -2.36. The molecule has 0 aromatic heterocycles. The molecule has 0 aliphatic carbocycles. The molecule has 3 rings (SSSR count). The van der Waals surface area contributed by atoms with Crippen molar-refractivity contribution in [2.24, 2.45) is 0 Å². The van der Waals surface area contributed by atoms with Gasteiger partial charge < -0.3 is 24.0 Å². The van der Waals surface area contributed by atoms with Crippen LogP contribution in [0.2, 0.25) is 0 Å². The van der Waals surface area contributed by atoms with Crippen LogP contribution < -0.4 is 14.4 Å². The predicted molar refractivity (Wildman–Crippen MR) is 105 cm³/mol. The summed E-state index contributed by atoms with van der Waals surface area (Å²) in [6, 6.07) is 11.3. The molecule has 0 spiro atoms. The summed E-state index contributed by atoms with van der Waals surface area (Å²) in [6.45, 7) is 1.48. The lowest BCUT2D eigenvalue weighted by molar-refractivity contribution is -0.134. The van der Waals surface area contributed by atoms with Crippen LogP contribution in [0.1, 0.15) is 10.4 Å². The van der Waals surface area contributed by atoms with E-state index >= 15 is 0 Å². The van der Waals surface area contributed by atoms with Crippen LogP contribution in [-0.2, 0) is 9.53 Å². The zero-order valence-electron chi connectivity index (χ0n) is 16.4. The Labute approximate surface area is 168 Å². The number of carbonyl (C=O) groups is 2. The van der Waals surface area contributed by atoms with E-state index in [1.807, 2.05) is 4.90 Å². The number of carbonyl (C=O) groups excluding carboxylic acids is 2. The normalized spacial score (nSPS) is 13.8. The molecule has 8 heteroatoms. The summed E-state index contributed by atoms with van der Waals surface area (Å²) < 4.78 is 29.4. The fraction of sp³-hybridized carbons (Fsp3) is 0.333. The van der Waals surface area contributed by atoms with Gasteiger partial charge in [-0.05, 0) is 30.3 Å². The number of rotatable bonds is 6. The van der Waals surface area contributed by atoms with E-state index in [4.69, 9.17) is 14.2 Å². The number of nitrogens with zero attached hydrogens (tertiary/aromatic N) is 2. The number of anilines is 1. The molecule has 1 aliphatic rings. The van der Waals surface area contributed by atoms with Gasteiger partial charge in [-0.1, -0.05) is 12.1 Å². The number of amides is 1. The van der Waals surface area contributed by atoms with Gasteiger partial charge in [-0.15, -0.1) is 0 Å². The monoisotopic (exact) mass is 402 g/mol. The van der Waals surface area contributed by atoms with E-state index in [1.165, 1.54) is 26.4 Å². The van der Waals surface area contributed by atoms with Crippen molar-refractivity contribution in [2.75, 3.05) is 51.9 Å². The van der Waals surface area contributed by atoms with E-state index in [0.717, 1.165) is 0 Å². The molecule has 1 saturated heterocycles. The first-order valence-electron chi connectivity index (χ1n) is 9.20. The van der Waals surface area contributed by atoms with Crippen LogP contribution in [0.25, 0.3) is 0 Å². The maximum atomic E-state index is 13.9. The Morgan fingerprint density at radius 1 is 1.00 bits per heavy atom. The lowest BCUT2D eigenvalue weighted by atomic mass is 10.2. The maximum Gasteiger partial charge on any atom is 0.342 e. The minimum atomic E-state index is -0.668. The molecular weight excluding hydrogens is 379 g/mol. The second kappa shape index (κ2) is 9.27. The SMILES string of the molecule is COc1ccc(OC)c(C(=O)OCC(=O)N2CCN(c3ccccc3F)CC2)c1. The van der Waals surface area contributed by atoms with E-state index in [0.29, 0.717) is 43.4 Å². The molecule has 0 unspecified atom stereocenters. The van der Waals surface area contributed by atoms with Gasteiger partial charge in [0.05, 0.1) is 19.9 Å². The fourth-order valence-corrected chi connectivity index (χ4v) is 3.17. The maximum absolute atomic E-state index is 13.9. The number of esters is 1. The molecule has 0 N–H and O–H groups in total. The molecule has 1 fully saturated rings. The van der Waals surface area contributed by atoms with Gasteiger partial charge in [0.1, 0.15) is 22.9 Å². The highest BCUT2D eigenvalue weighted by Gasteiger charge is 2.24. The third-order valence-electron chi connectivity index (χ3n) is 4.78. The molecule has 1 amide bonds. The quantitative estimate of drug-likeness (QED) is 0.691. The number of benzene rings is 2. The number of hydrogen-bond donors (Lipinski definition) is 0. The van der Waals surface area contributed by atoms with Gasteiger partial charge in [-0.3, -0.25) is 4.79 Å². The van der Waals surface area contributed by atoms with E-state index < -0.39 is 5.97 Å². The Kier molecular flexibility index (Phi) is 6.54. The van der Waals surface area contributed by atoms with Crippen LogP contribution in [-0.4, -0.2) is 63.8 Å². The Balaban J connectivity index is 1.54. The summed E-state index contributed by atoms with van der Waals surface area (Å²) in [4.78, 5) is 28.3. The standard InChI is InChI=1S/C21H23FN2O5/c1-27-15-7-8-19(28-2)16(13-15)21(26)29-14-20(25)24-11-9-23(10-12-24)18-6-4-3-5-17(18)22/h3-8,13H,9-12,14H2,1-2H3. The first-order valence-corrected chi connectivity index (χ1v) is 9.20. The van der Waals surface area contributed by atoms with Crippen molar-refractivity contribution < 1.29 is 28.2 Å². The van der Waals surface area contributed by atoms with Crippen molar-refractivity contribution in [2.45, 2.75) is 0 Å². The summed E-state index contributed by atoms with van der Waals surface area (Å²) in [5, 5.41) is 0. The zero-order chi connectivity index (χ0) is 20.8. The third-order valence-corrected chi connectivity index (χ3v) is 4.78. The largest absolute Gasteiger partial charge is 0.497 e. The Hall–Kier alpha value is -3.29. The molecule has 0 radical (unpaired) electrons. The van der Waals surface area contributed by atoms with Gasteiger partial charge in [0.15, 0.2) is 6.61 Å². The minimum Gasteiger partial charge on any atom is -0.497 e. The molecule has 1 heterocycles. The topological polar surface area (TPSA) is 68.3 Å². The summed E-state index contributed by atoms with van der Waals surface area (Å²) in [7, 11) is 2.93. The molecular formula is C21H23FN2O5. The average molecular weight is 402 g/mol. The summed E-state index contributed by atoms with van der Waals surface area (Å²) in [5.41, 5.74) is 0.708. The van der Waals surface area contributed by atoms with E-state index in [-0.39, 0.29) is 23.9 Å². The number of hydrogen-bond acceptors (Lipinski definition) is 6. The highest BCUT2D eigenvalue weighted by atomic mass is 19.1. The van der Waals surface area contributed by atoms with Crippen molar-refractivity contribution >= 4 is 17.6 Å². The molecule has 0 atom stereocenters. The Morgan fingerprint density at radius 2 is 1.72 bits per heavy atom. The van der Waals surface area contributed by atoms with Crippen molar-refractivity contribution in [3.05, 3.63) is 53.8 Å². The van der Waals surface area contributed by atoms with Crippen LogP contribution >= 0.6 is 0 Å². The number of methoxy groups -OCH3 is 2. The molecule has 154 valence electrons. The molecule has 7 nitrogen and oxygen atoms in total. The van der Waals surface area contributed by atoms with Crippen molar-refractivity contribution in [3.8, 4) is 11.5 Å². The zero-order valence-corrected chi connectivity index (χ0v) is 16.4. The van der Waals surface area contributed by atoms with E-state index in [2.05, 4.69) is 0 Å². The van der Waals surface area contributed by atoms with Crippen LogP contribution in [0.15, 0.2) is 42.5 Å². The highest BCUT2D eigenvalue weighted by Crippen LogP contribution is 2.25. The molecule has 2 aromatic carbocycles. The predicted octanol–water partition coefficient (Wildman–Crippen LogP) is 2.35. The number of halogens is 1. The van der Waals surface area contributed by atoms with Crippen molar-refractivity contribution in [1.29, 1.82) is 0 Å². The van der Waals surface area contributed by atoms with Crippen molar-refractivity contribution in [3.63, 3.8) is 0 Å². The second-order valence-electron chi connectivity index (χ2n) is 6.46. The van der Waals surface area contributed by atoms with Gasteiger partial charge in [0, 0.05) is 26.2 Å². The van der Waals surface area contributed by atoms with Gasteiger partial charge in [0.25, 0.3) is 5.91 Å². The van der Waals surface area contributed by atoms with Gasteiger partial charge >= 0.3 is 5.97 Å². The molecule has 0 saturated carbocycles. The summed E-state index contributed by atoms with van der Waals surface area (Å²) in [6.07, 6.45) is 0. The first kappa shape index (κ1) is 20.4. The van der Waals surface area contributed by atoms with Crippen LogP contribution in [0.3, 0.4) is 0 Å². The molecule has 1 aliphatic heterocycles. The molecule has 2 aromatic rings. The first-order chi connectivity index (χ1) is 14.0. The number of ether oxygens (including phenoxy) is 3. The van der Waals surface area contributed by atoms with E-state index in [1.54, 1.807) is 35.2 Å². The van der Waals surface area contributed by atoms with Crippen LogP contribution in [0.4, 0.5) is 10.1 Å². The van der Waals surface area contributed by atoms with Gasteiger partial charge in [-0.25, -0.2) is 9.18 Å². The van der Waals surface area contributed by atoms with Gasteiger partial charge in [0.2, 0.25) is 0 Å². The van der Waals surface area contributed by atoms with Crippen molar-refractivity contribution in [1.82, 2.24) is 4.90 Å². The molecule has 0 bridgehead atoms. The van der Waals surface area contributed by atoms with Crippen LogP contribution in [0.5, 0.6) is 11.5 Å². The minimum absolute atomic E-state index is 0.184. The van der Waals surface area contributed by atoms with E-state index in [9.17, 15) is 14.0 Å².